The second-order valence-corrected chi connectivity index (χ2v) is 7.95. The minimum absolute atomic E-state index is 0.0115. The van der Waals surface area contributed by atoms with Crippen LogP contribution in [0.25, 0.3) is 0 Å². The van der Waals surface area contributed by atoms with Gasteiger partial charge in [0.15, 0.2) is 0 Å². The van der Waals surface area contributed by atoms with Crippen molar-refractivity contribution < 1.29 is 37.3 Å². The van der Waals surface area contributed by atoms with Gasteiger partial charge in [-0.1, -0.05) is 0 Å². The number of hydrogen-bond donors (Lipinski definition) is 3. The van der Waals surface area contributed by atoms with Crippen molar-refractivity contribution in [3.8, 4) is 0 Å². The Morgan fingerprint density at radius 3 is 2.56 bits per heavy atom. The fourth-order valence-electron chi connectivity index (χ4n) is 3.99. The van der Waals surface area contributed by atoms with Gasteiger partial charge in [-0.25, -0.2) is 4.79 Å². The molecule has 0 unspecified atom stereocenters. The van der Waals surface area contributed by atoms with E-state index in [1.165, 1.54) is 17.0 Å². The summed E-state index contributed by atoms with van der Waals surface area (Å²) >= 11 is 0. The first-order chi connectivity index (χ1) is 15.2. The molecule has 2 fully saturated rings. The zero-order valence-corrected chi connectivity index (χ0v) is 17.7. The Morgan fingerprint density at radius 2 is 1.91 bits per heavy atom. The summed E-state index contributed by atoms with van der Waals surface area (Å²) in [7, 11) is 0. The number of ether oxygens (including phenoxy) is 2. The number of carbonyl (C=O) groups is 2. The zero-order valence-electron chi connectivity index (χ0n) is 17.7. The molecule has 2 heterocycles. The molecular weight excluding hydrogens is 431 g/mol. The summed E-state index contributed by atoms with van der Waals surface area (Å²) in [4.78, 5) is 26.3. The number of rotatable bonds is 4. The van der Waals surface area contributed by atoms with Gasteiger partial charge in [0.1, 0.15) is 6.10 Å². The van der Waals surface area contributed by atoms with Gasteiger partial charge in [0, 0.05) is 12.2 Å². The third-order valence-corrected chi connectivity index (χ3v) is 5.49. The van der Waals surface area contributed by atoms with Crippen LogP contribution in [0.5, 0.6) is 0 Å². The fourth-order valence-corrected chi connectivity index (χ4v) is 3.99. The molecule has 2 saturated heterocycles. The first kappa shape index (κ1) is 24.3. The Bertz CT molecular complexity index is 790. The first-order valence-electron chi connectivity index (χ1n) is 10.6. The molecule has 1 aromatic carbocycles. The number of urea groups is 1. The largest absolute Gasteiger partial charge is 0.416 e. The summed E-state index contributed by atoms with van der Waals surface area (Å²) in [5.74, 6) is -0.116. The summed E-state index contributed by atoms with van der Waals surface area (Å²) in [6.07, 6.45) is -4.90. The summed E-state index contributed by atoms with van der Waals surface area (Å²) in [6, 6.07) is 3.19. The van der Waals surface area contributed by atoms with Crippen LogP contribution in [0.1, 0.15) is 31.7 Å². The van der Waals surface area contributed by atoms with Crippen molar-refractivity contribution in [3.63, 3.8) is 0 Å². The molecule has 1 aromatic rings. The molecule has 0 aliphatic carbocycles. The Labute approximate surface area is 184 Å². The molecule has 11 heteroatoms. The van der Waals surface area contributed by atoms with Crippen molar-refractivity contribution in [1.29, 1.82) is 0 Å². The van der Waals surface area contributed by atoms with E-state index in [9.17, 15) is 27.9 Å². The highest BCUT2D eigenvalue weighted by Gasteiger charge is 2.40. The van der Waals surface area contributed by atoms with Gasteiger partial charge in [0.05, 0.1) is 50.0 Å². The number of alkyl halides is 3. The molecule has 0 aromatic heterocycles. The Kier molecular flexibility index (Phi) is 7.96. The highest BCUT2D eigenvalue weighted by molar-refractivity contribution is 5.89. The van der Waals surface area contributed by atoms with E-state index in [0.717, 1.165) is 12.1 Å². The molecule has 0 saturated carbocycles. The Balaban J connectivity index is 1.69. The monoisotopic (exact) mass is 459 g/mol. The normalized spacial score (nSPS) is 26.5. The molecular formula is C21H28F3N3O5. The number of amides is 3. The van der Waals surface area contributed by atoms with Gasteiger partial charge < -0.3 is 30.1 Å². The lowest BCUT2D eigenvalue weighted by atomic mass is 9.95. The molecule has 0 bridgehead atoms. The number of fused-ring (bicyclic) bond motifs is 1. The number of β-amino-alcohol motifs (C(OH)–C–C–N with tert-alkyl or cyclic N) is 1. The number of halogens is 3. The van der Waals surface area contributed by atoms with Gasteiger partial charge in [-0.3, -0.25) is 4.79 Å². The molecule has 2 aliphatic heterocycles. The van der Waals surface area contributed by atoms with Crippen LogP contribution in [0.2, 0.25) is 0 Å². The molecule has 3 rings (SSSR count). The van der Waals surface area contributed by atoms with Crippen LogP contribution < -0.4 is 10.6 Å². The average molecular weight is 459 g/mol. The number of nitrogens with one attached hydrogen (secondary N) is 2. The van der Waals surface area contributed by atoms with E-state index >= 15 is 0 Å². The van der Waals surface area contributed by atoms with E-state index in [2.05, 4.69) is 10.6 Å². The van der Waals surface area contributed by atoms with Crippen LogP contribution >= 0.6 is 0 Å². The van der Waals surface area contributed by atoms with Crippen molar-refractivity contribution in [1.82, 2.24) is 10.2 Å². The van der Waals surface area contributed by atoms with Crippen LogP contribution in [0.15, 0.2) is 24.3 Å². The van der Waals surface area contributed by atoms with Gasteiger partial charge in [0.2, 0.25) is 5.91 Å². The maximum atomic E-state index is 13.0. The molecule has 32 heavy (non-hydrogen) atoms. The van der Waals surface area contributed by atoms with Gasteiger partial charge >= 0.3 is 12.2 Å². The predicted octanol–water partition coefficient (Wildman–Crippen LogP) is 2.37. The van der Waals surface area contributed by atoms with Crippen LogP contribution in [0.4, 0.5) is 23.7 Å². The average Bonchev–Trinajstić information content (AvgIpc) is 2.71. The van der Waals surface area contributed by atoms with E-state index in [0.29, 0.717) is 19.4 Å². The maximum absolute atomic E-state index is 13.0. The summed E-state index contributed by atoms with van der Waals surface area (Å²) in [5, 5.41) is 15.5. The molecule has 0 spiro atoms. The minimum Gasteiger partial charge on any atom is -0.389 e. The lowest BCUT2D eigenvalue weighted by molar-refractivity contribution is -0.149. The van der Waals surface area contributed by atoms with Gasteiger partial charge in [0.25, 0.3) is 0 Å². The minimum atomic E-state index is -4.47. The van der Waals surface area contributed by atoms with E-state index in [1.807, 2.05) is 6.92 Å². The smallest absolute Gasteiger partial charge is 0.389 e. The molecule has 178 valence electrons. The number of benzene rings is 1. The summed E-state index contributed by atoms with van der Waals surface area (Å²) in [5.41, 5.74) is -0.605. The maximum Gasteiger partial charge on any atom is 0.416 e. The standard InChI is InChI=1S/C21H28F3N3O5/c1-2-25-19(29)9-16-7-8-17-18(32-16)12-31-11-15(28)10-27(17)20(30)26-14-5-3-13(4-6-14)21(22,23)24/h3-6,15-18,28H,2,7-12H2,1H3,(H,25,29)(H,26,30)/t15-,16+,17-,18+/m0/s1. The Hall–Kier alpha value is -2.37. The van der Waals surface area contributed by atoms with Crippen molar-refractivity contribution in [2.45, 2.75) is 56.7 Å². The predicted molar refractivity (Wildman–Crippen MR) is 109 cm³/mol. The summed E-state index contributed by atoms with van der Waals surface area (Å²) in [6.45, 7) is 2.50. The van der Waals surface area contributed by atoms with Gasteiger partial charge in [-0.05, 0) is 44.0 Å². The zero-order chi connectivity index (χ0) is 23.3. The highest BCUT2D eigenvalue weighted by Crippen LogP contribution is 2.31. The molecule has 8 nitrogen and oxygen atoms in total. The van der Waals surface area contributed by atoms with E-state index in [4.69, 9.17) is 9.47 Å². The molecule has 2 aliphatic rings. The number of anilines is 1. The van der Waals surface area contributed by atoms with Gasteiger partial charge in [-0.2, -0.15) is 13.2 Å². The molecule has 3 amide bonds. The third kappa shape index (κ3) is 6.33. The fraction of sp³-hybridized carbons (Fsp3) is 0.619. The molecule has 3 N–H and O–H groups in total. The lowest BCUT2D eigenvalue weighted by Crippen LogP contribution is -2.58. The van der Waals surface area contributed by atoms with E-state index < -0.39 is 36.0 Å². The van der Waals surface area contributed by atoms with Crippen molar-refractivity contribution in [2.24, 2.45) is 0 Å². The Morgan fingerprint density at radius 1 is 1.19 bits per heavy atom. The SMILES string of the molecule is CCNC(=O)C[C@H]1CC[C@H]2[C@@H](COC[C@@H](O)CN2C(=O)Nc2ccc(C(F)(F)F)cc2)O1. The number of carbonyl (C=O) groups excluding carboxylic acids is 2. The highest BCUT2D eigenvalue weighted by atomic mass is 19.4. The van der Waals surface area contributed by atoms with Crippen molar-refractivity contribution >= 4 is 17.6 Å². The number of aliphatic hydroxyl groups is 1. The van der Waals surface area contributed by atoms with Gasteiger partial charge in [-0.15, -0.1) is 0 Å². The number of aliphatic hydroxyl groups excluding tert-OH is 1. The quantitative estimate of drug-likeness (QED) is 0.642. The third-order valence-electron chi connectivity index (χ3n) is 5.49. The second kappa shape index (κ2) is 10.5. The van der Waals surface area contributed by atoms with E-state index in [1.54, 1.807) is 0 Å². The summed E-state index contributed by atoms with van der Waals surface area (Å²) < 4.78 is 49.8. The number of hydrogen-bond acceptors (Lipinski definition) is 5. The van der Waals surface area contributed by atoms with Crippen molar-refractivity contribution in [2.75, 3.05) is 31.6 Å². The van der Waals surface area contributed by atoms with Crippen LogP contribution in [0, 0.1) is 0 Å². The first-order valence-corrected chi connectivity index (χ1v) is 10.6. The van der Waals surface area contributed by atoms with Crippen molar-refractivity contribution in [3.05, 3.63) is 29.8 Å². The topological polar surface area (TPSA) is 100 Å². The second-order valence-electron chi connectivity index (χ2n) is 7.95. The van der Waals surface area contributed by atoms with Crippen LogP contribution in [-0.4, -0.2) is 72.6 Å². The van der Waals surface area contributed by atoms with E-state index in [-0.39, 0.29) is 43.9 Å². The molecule has 4 atom stereocenters. The van der Waals surface area contributed by atoms with Crippen LogP contribution in [-0.2, 0) is 20.4 Å². The number of nitrogens with zero attached hydrogens (tertiary/aromatic N) is 1. The van der Waals surface area contributed by atoms with Crippen LogP contribution in [0.3, 0.4) is 0 Å². The molecule has 0 radical (unpaired) electrons. The lowest BCUT2D eigenvalue weighted by Gasteiger charge is -2.44.